The van der Waals surface area contributed by atoms with E-state index in [0.717, 1.165) is 0 Å². The van der Waals surface area contributed by atoms with Crippen LogP contribution in [0.2, 0.25) is 5.02 Å². The Kier molecular flexibility index (Phi) is 5.05. The summed E-state index contributed by atoms with van der Waals surface area (Å²) in [6.07, 6.45) is -1.17. The molecule has 2 amide bonds. The molecule has 1 unspecified atom stereocenters. The second-order valence-electron chi connectivity index (χ2n) is 7.03. The van der Waals surface area contributed by atoms with Crippen LogP contribution in [0.1, 0.15) is 38.2 Å². The number of carbonyl (C=O) groups excluding carboxylic acids is 2. The van der Waals surface area contributed by atoms with Crippen molar-refractivity contribution in [3.05, 3.63) is 63.9 Å². The van der Waals surface area contributed by atoms with Gasteiger partial charge in [-0.25, -0.2) is 4.98 Å². The Hall–Kier alpha value is -2.48. The first-order valence-electron chi connectivity index (χ1n) is 9.04. The topological polar surface area (TPSA) is 101 Å². The highest BCUT2D eigenvalue weighted by molar-refractivity contribution is 6.31. The fourth-order valence-corrected chi connectivity index (χ4v) is 3.85. The molecule has 4 rings (SSSR count). The molecule has 1 aliphatic carbocycles. The second-order valence-corrected chi connectivity index (χ2v) is 7.44. The number of fused-ring (bicyclic) bond motifs is 1. The lowest BCUT2D eigenvalue weighted by atomic mass is 10.0. The van der Waals surface area contributed by atoms with E-state index in [1.54, 1.807) is 24.3 Å². The van der Waals surface area contributed by atoms with E-state index in [1.807, 2.05) is 0 Å². The quantitative estimate of drug-likeness (QED) is 0.705. The van der Waals surface area contributed by atoms with Gasteiger partial charge in [0.05, 0.1) is 18.9 Å². The van der Waals surface area contributed by atoms with Crippen molar-refractivity contribution in [2.24, 2.45) is 11.8 Å². The number of hydrogen-bond acceptors (Lipinski definition) is 5. The summed E-state index contributed by atoms with van der Waals surface area (Å²) in [5, 5.41) is 16.6. The molecule has 28 heavy (non-hydrogen) atoms. The Balaban J connectivity index is 1.64. The number of hydrogen-bond donors (Lipinski definition) is 3. The maximum Gasteiger partial charge on any atom is 0.269 e. The van der Waals surface area contributed by atoms with Crippen molar-refractivity contribution in [1.82, 2.24) is 15.6 Å². The van der Waals surface area contributed by atoms with E-state index in [0.29, 0.717) is 35.6 Å². The minimum absolute atomic E-state index is 0.0515. The van der Waals surface area contributed by atoms with Gasteiger partial charge < -0.3 is 20.5 Å². The Morgan fingerprint density at radius 3 is 2.61 bits per heavy atom. The zero-order chi connectivity index (χ0) is 19.8. The molecule has 7 nitrogen and oxygen atoms in total. The molecule has 0 radical (unpaired) electrons. The number of nitrogens with one attached hydrogen (secondary N) is 2. The molecule has 1 aromatic carbocycles. The number of nitrogens with zero attached hydrogens (tertiary/aromatic N) is 1. The van der Waals surface area contributed by atoms with Gasteiger partial charge in [-0.1, -0.05) is 29.8 Å². The molecule has 4 atom stereocenters. The Morgan fingerprint density at radius 1 is 1.21 bits per heavy atom. The summed E-state index contributed by atoms with van der Waals surface area (Å²) in [6, 6.07) is 9.83. The van der Waals surface area contributed by atoms with Gasteiger partial charge in [-0.3, -0.25) is 9.59 Å². The lowest BCUT2D eigenvalue weighted by Gasteiger charge is -2.15. The first kappa shape index (κ1) is 18.9. The zero-order valence-electron chi connectivity index (χ0n) is 15.2. The van der Waals surface area contributed by atoms with Gasteiger partial charge in [0, 0.05) is 41.1 Å². The lowest BCUT2D eigenvalue weighted by Crippen LogP contribution is -2.31. The van der Waals surface area contributed by atoms with Crippen molar-refractivity contribution in [1.29, 1.82) is 0 Å². The van der Waals surface area contributed by atoms with E-state index in [9.17, 15) is 14.7 Å². The lowest BCUT2D eigenvalue weighted by molar-refractivity contribution is 0.0928. The molecule has 2 aliphatic rings. The number of rotatable bonds is 5. The summed E-state index contributed by atoms with van der Waals surface area (Å²) in [7, 11) is 1.48. The highest BCUT2D eigenvalue weighted by Gasteiger charge is 2.54. The van der Waals surface area contributed by atoms with Gasteiger partial charge in [0.25, 0.3) is 11.8 Å². The molecule has 8 heteroatoms. The van der Waals surface area contributed by atoms with Gasteiger partial charge in [0.2, 0.25) is 0 Å². The number of aliphatic hydroxyl groups is 1. The van der Waals surface area contributed by atoms with Crippen LogP contribution in [0.15, 0.2) is 36.4 Å². The van der Waals surface area contributed by atoms with Crippen LogP contribution < -0.4 is 10.6 Å². The Morgan fingerprint density at radius 2 is 1.93 bits per heavy atom. The van der Waals surface area contributed by atoms with E-state index >= 15 is 0 Å². The van der Waals surface area contributed by atoms with Crippen LogP contribution in [-0.4, -0.2) is 48.2 Å². The predicted octanol–water partition coefficient (Wildman–Crippen LogP) is 1.55. The molecular weight excluding hydrogens is 382 g/mol. The number of amides is 2. The normalized spacial score (nSPS) is 23.6. The average molecular weight is 402 g/mol. The largest absolute Gasteiger partial charge is 0.382 e. The minimum Gasteiger partial charge on any atom is -0.382 e. The molecule has 3 N–H and O–H groups in total. The van der Waals surface area contributed by atoms with Crippen molar-refractivity contribution in [2.75, 3.05) is 20.3 Å². The van der Waals surface area contributed by atoms with E-state index < -0.39 is 12.0 Å². The third kappa shape index (κ3) is 3.48. The van der Waals surface area contributed by atoms with Crippen molar-refractivity contribution in [3.8, 4) is 0 Å². The zero-order valence-corrected chi connectivity index (χ0v) is 15.9. The molecule has 0 spiro atoms. The van der Waals surface area contributed by atoms with Crippen LogP contribution in [0.25, 0.3) is 0 Å². The number of halogens is 1. The first-order valence-corrected chi connectivity index (χ1v) is 9.42. The summed E-state index contributed by atoms with van der Waals surface area (Å²) in [6.45, 7) is 1.32. The second kappa shape index (κ2) is 7.50. The third-order valence-electron chi connectivity index (χ3n) is 5.30. The van der Waals surface area contributed by atoms with Crippen LogP contribution in [0.3, 0.4) is 0 Å². The van der Waals surface area contributed by atoms with Crippen molar-refractivity contribution >= 4 is 23.4 Å². The smallest absolute Gasteiger partial charge is 0.269 e. The minimum atomic E-state index is -1.17. The molecular formula is C20H20ClN3O4. The van der Waals surface area contributed by atoms with E-state index in [4.69, 9.17) is 16.3 Å². The van der Waals surface area contributed by atoms with Crippen LogP contribution in [0.5, 0.6) is 0 Å². The van der Waals surface area contributed by atoms with Crippen LogP contribution >= 0.6 is 11.6 Å². The Bertz CT molecular complexity index is 925. The fourth-order valence-electron chi connectivity index (χ4n) is 3.61. The Labute approximate surface area is 167 Å². The average Bonchev–Trinajstić information content (AvgIpc) is 3.13. The summed E-state index contributed by atoms with van der Waals surface area (Å²) >= 11 is 6.17. The van der Waals surface area contributed by atoms with E-state index in [-0.39, 0.29) is 28.9 Å². The summed E-state index contributed by atoms with van der Waals surface area (Å²) in [4.78, 5) is 29.1. The molecule has 2 fully saturated rings. The number of aliphatic hydroxyl groups excluding tert-OH is 1. The van der Waals surface area contributed by atoms with Crippen LogP contribution in [0.4, 0.5) is 0 Å². The maximum absolute atomic E-state index is 12.7. The number of pyridine rings is 1. The highest BCUT2D eigenvalue weighted by Crippen LogP contribution is 2.44. The number of carbonyl (C=O) groups is 2. The molecule has 2 heterocycles. The monoisotopic (exact) mass is 401 g/mol. The number of aromatic nitrogens is 1. The van der Waals surface area contributed by atoms with Crippen molar-refractivity contribution < 1.29 is 19.4 Å². The van der Waals surface area contributed by atoms with Crippen LogP contribution in [-0.2, 0) is 4.74 Å². The van der Waals surface area contributed by atoms with Gasteiger partial charge in [-0.2, -0.15) is 0 Å². The molecule has 146 valence electrons. The predicted molar refractivity (Wildman–Crippen MR) is 102 cm³/mol. The van der Waals surface area contributed by atoms with Gasteiger partial charge in [-0.05, 0) is 18.2 Å². The standard InChI is InChI=1S/C20H20ClN3O4/c1-22-20(27)16-7-10(19(26)24-17-12-8-28-9-13(12)17)6-15(23-16)18(25)11-4-2-3-5-14(11)21/h2-7,12-13,17-18,25H,8-9H2,1H3,(H,22,27)(H,24,26)/t12-,13+,17+,18?. The van der Waals surface area contributed by atoms with Crippen molar-refractivity contribution in [3.63, 3.8) is 0 Å². The van der Waals surface area contributed by atoms with Gasteiger partial charge >= 0.3 is 0 Å². The molecule has 1 aliphatic heterocycles. The highest BCUT2D eigenvalue weighted by atomic mass is 35.5. The van der Waals surface area contributed by atoms with Gasteiger partial charge in [0.1, 0.15) is 11.8 Å². The van der Waals surface area contributed by atoms with Crippen LogP contribution in [0, 0.1) is 11.8 Å². The van der Waals surface area contributed by atoms with E-state index in [2.05, 4.69) is 15.6 Å². The molecule has 1 saturated heterocycles. The van der Waals surface area contributed by atoms with Gasteiger partial charge in [-0.15, -0.1) is 0 Å². The molecule has 2 aromatic rings. The SMILES string of the molecule is CNC(=O)c1cc(C(=O)N[C@H]2[C@@H]3COC[C@@H]32)cc(C(O)c2ccccc2Cl)n1. The summed E-state index contributed by atoms with van der Waals surface area (Å²) < 4.78 is 5.34. The van der Waals surface area contributed by atoms with Gasteiger partial charge in [0.15, 0.2) is 0 Å². The number of ether oxygens (including phenoxy) is 1. The maximum atomic E-state index is 12.7. The van der Waals surface area contributed by atoms with E-state index in [1.165, 1.54) is 19.2 Å². The molecule has 1 saturated carbocycles. The third-order valence-corrected chi connectivity index (χ3v) is 5.64. The first-order chi connectivity index (χ1) is 13.5. The van der Waals surface area contributed by atoms with Crippen molar-refractivity contribution in [2.45, 2.75) is 12.1 Å². The summed E-state index contributed by atoms with van der Waals surface area (Å²) in [5.41, 5.74) is 0.945. The molecule has 0 bridgehead atoms. The number of benzene rings is 1. The molecule has 1 aromatic heterocycles. The fraction of sp³-hybridized carbons (Fsp3) is 0.350. The summed E-state index contributed by atoms with van der Waals surface area (Å²) in [5.74, 6) is -0.0340.